The highest BCUT2D eigenvalue weighted by atomic mass is 16.1. The maximum atomic E-state index is 10.9. The minimum absolute atomic E-state index is 0.163. The van der Waals surface area contributed by atoms with Gasteiger partial charge in [-0.1, -0.05) is 78.0 Å². The Morgan fingerprint density at radius 2 is 1.64 bits per heavy atom. The number of amides is 1. The SMILES string of the molecule is CC(C)(C)C=CC(c1ccc(CCC(N)=O)cc1)C(C)(C)C. The number of benzene rings is 1. The van der Waals surface area contributed by atoms with Crippen molar-refractivity contribution in [3.8, 4) is 0 Å². The van der Waals surface area contributed by atoms with Crippen LogP contribution in [-0.4, -0.2) is 5.91 Å². The molecule has 1 atom stereocenters. The summed E-state index contributed by atoms with van der Waals surface area (Å²) in [5.74, 6) is 0.127. The van der Waals surface area contributed by atoms with E-state index in [-0.39, 0.29) is 16.7 Å². The van der Waals surface area contributed by atoms with Gasteiger partial charge >= 0.3 is 0 Å². The van der Waals surface area contributed by atoms with Crippen LogP contribution in [0.15, 0.2) is 36.4 Å². The molecule has 0 aliphatic rings. The van der Waals surface area contributed by atoms with Crippen LogP contribution in [0.3, 0.4) is 0 Å². The molecule has 0 radical (unpaired) electrons. The molecular formula is C20H31NO. The minimum Gasteiger partial charge on any atom is -0.370 e. The number of carbonyl (C=O) groups excluding carboxylic acids is 1. The van der Waals surface area contributed by atoms with E-state index < -0.39 is 0 Å². The van der Waals surface area contributed by atoms with Crippen LogP contribution in [-0.2, 0) is 11.2 Å². The molecule has 1 aromatic rings. The molecule has 2 N–H and O–H groups in total. The number of hydrogen-bond donors (Lipinski definition) is 1. The van der Waals surface area contributed by atoms with E-state index in [0.717, 1.165) is 5.56 Å². The van der Waals surface area contributed by atoms with Gasteiger partial charge in [0.1, 0.15) is 0 Å². The van der Waals surface area contributed by atoms with Crippen molar-refractivity contribution >= 4 is 5.91 Å². The number of carbonyl (C=O) groups is 1. The zero-order valence-electron chi connectivity index (χ0n) is 14.9. The number of hydrogen-bond acceptors (Lipinski definition) is 1. The van der Waals surface area contributed by atoms with Crippen molar-refractivity contribution in [3.63, 3.8) is 0 Å². The second kappa shape index (κ2) is 7.13. The maximum absolute atomic E-state index is 10.9. The first kappa shape index (κ1) is 18.5. The Bertz CT molecular complexity index is 512. The van der Waals surface area contributed by atoms with Crippen LogP contribution in [0.2, 0.25) is 0 Å². The molecule has 0 aromatic heterocycles. The molecule has 22 heavy (non-hydrogen) atoms. The normalized spacial score (nSPS) is 14.3. The van der Waals surface area contributed by atoms with Crippen molar-refractivity contribution in [1.82, 2.24) is 0 Å². The second-order valence-corrected chi connectivity index (χ2v) is 8.28. The Hall–Kier alpha value is -1.57. The smallest absolute Gasteiger partial charge is 0.217 e. The van der Waals surface area contributed by atoms with E-state index >= 15 is 0 Å². The standard InChI is InChI=1S/C20H31NO/c1-19(2,3)14-13-17(20(4,5)6)16-10-7-15(8-11-16)9-12-18(21)22/h7-8,10-11,13-14,17H,9,12H2,1-6H3,(H2,21,22). The summed E-state index contributed by atoms with van der Waals surface area (Å²) in [5.41, 5.74) is 8.03. The number of nitrogens with two attached hydrogens (primary N) is 1. The third kappa shape index (κ3) is 6.46. The van der Waals surface area contributed by atoms with Crippen molar-refractivity contribution in [3.05, 3.63) is 47.5 Å². The van der Waals surface area contributed by atoms with Crippen LogP contribution in [0.25, 0.3) is 0 Å². The molecule has 0 bridgehead atoms. The monoisotopic (exact) mass is 301 g/mol. The third-order valence-corrected chi connectivity index (χ3v) is 3.72. The fourth-order valence-corrected chi connectivity index (χ4v) is 2.44. The zero-order chi connectivity index (χ0) is 17.0. The van der Waals surface area contributed by atoms with Gasteiger partial charge in [0, 0.05) is 12.3 Å². The molecule has 122 valence electrons. The van der Waals surface area contributed by atoms with Crippen molar-refractivity contribution in [2.24, 2.45) is 16.6 Å². The molecule has 1 aromatic carbocycles. The van der Waals surface area contributed by atoms with Gasteiger partial charge in [0.15, 0.2) is 0 Å². The summed E-state index contributed by atoms with van der Waals surface area (Å²) in [4.78, 5) is 10.9. The van der Waals surface area contributed by atoms with Gasteiger partial charge in [0.2, 0.25) is 5.91 Å². The van der Waals surface area contributed by atoms with E-state index in [1.165, 1.54) is 5.56 Å². The average molecular weight is 301 g/mol. The minimum atomic E-state index is -0.246. The average Bonchev–Trinajstić information content (AvgIpc) is 2.35. The summed E-state index contributed by atoms with van der Waals surface area (Å²) < 4.78 is 0. The van der Waals surface area contributed by atoms with Gasteiger partial charge in [-0.2, -0.15) is 0 Å². The van der Waals surface area contributed by atoms with Crippen molar-refractivity contribution < 1.29 is 4.79 Å². The van der Waals surface area contributed by atoms with Gasteiger partial charge in [-0.3, -0.25) is 4.79 Å². The summed E-state index contributed by atoms with van der Waals surface area (Å²) in [6.45, 7) is 13.5. The lowest BCUT2D eigenvalue weighted by molar-refractivity contribution is -0.117. The molecule has 2 heteroatoms. The fourth-order valence-electron chi connectivity index (χ4n) is 2.44. The Labute approximate surface area is 135 Å². The second-order valence-electron chi connectivity index (χ2n) is 8.28. The number of primary amides is 1. The largest absolute Gasteiger partial charge is 0.370 e. The van der Waals surface area contributed by atoms with Crippen LogP contribution in [0.1, 0.15) is 65.0 Å². The van der Waals surface area contributed by atoms with Crippen LogP contribution >= 0.6 is 0 Å². The topological polar surface area (TPSA) is 43.1 Å². The summed E-state index contributed by atoms with van der Waals surface area (Å²) in [6, 6.07) is 8.59. The van der Waals surface area contributed by atoms with E-state index in [9.17, 15) is 4.79 Å². The van der Waals surface area contributed by atoms with Gasteiger partial charge in [-0.05, 0) is 28.4 Å². The number of aryl methyl sites for hydroxylation is 1. The van der Waals surface area contributed by atoms with Crippen LogP contribution in [0, 0.1) is 10.8 Å². The Kier molecular flexibility index (Phi) is 5.99. The van der Waals surface area contributed by atoms with Gasteiger partial charge < -0.3 is 5.73 Å². The van der Waals surface area contributed by atoms with Crippen LogP contribution in [0.5, 0.6) is 0 Å². The predicted octanol–water partition coefficient (Wildman–Crippen LogP) is 4.84. The molecule has 0 aliphatic heterocycles. The molecule has 0 fully saturated rings. The predicted molar refractivity (Wildman–Crippen MR) is 94.7 cm³/mol. The Morgan fingerprint density at radius 1 is 1.09 bits per heavy atom. The van der Waals surface area contributed by atoms with E-state index in [0.29, 0.717) is 18.8 Å². The lowest BCUT2D eigenvalue weighted by Crippen LogP contribution is -2.17. The maximum Gasteiger partial charge on any atom is 0.217 e. The molecule has 0 saturated heterocycles. The highest BCUT2D eigenvalue weighted by Crippen LogP contribution is 2.37. The van der Waals surface area contributed by atoms with Crippen LogP contribution < -0.4 is 5.73 Å². The summed E-state index contributed by atoms with van der Waals surface area (Å²) in [6.07, 6.45) is 5.75. The summed E-state index contributed by atoms with van der Waals surface area (Å²) in [7, 11) is 0. The number of rotatable bonds is 5. The highest BCUT2D eigenvalue weighted by molar-refractivity contribution is 5.74. The molecule has 0 spiro atoms. The van der Waals surface area contributed by atoms with E-state index in [1.54, 1.807) is 0 Å². The first-order chi connectivity index (χ1) is 9.99. The fraction of sp³-hybridized carbons (Fsp3) is 0.550. The van der Waals surface area contributed by atoms with E-state index in [4.69, 9.17) is 5.73 Å². The van der Waals surface area contributed by atoms with Gasteiger partial charge in [0.25, 0.3) is 0 Å². The molecular weight excluding hydrogens is 270 g/mol. The summed E-state index contributed by atoms with van der Waals surface area (Å²) in [5, 5.41) is 0. The Morgan fingerprint density at radius 3 is 2.05 bits per heavy atom. The first-order valence-corrected chi connectivity index (χ1v) is 8.05. The third-order valence-electron chi connectivity index (χ3n) is 3.72. The van der Waals surface area contributed by atoms with Gasteiger partial charge in [-0.25, -0.2) is 0 Å². The molecule has 0 saturated carbocycles. The van der Waals surface area contributed by atoms with Crippen LogP contribution in [0.4, 0.5) is 0 Å². The lowest BCUT2D eigenvalue weighted by atomic mass is 9.75. The molecule has 0 aliphatic carbocycles. The number of allylic oxidation sites excluding steroid dienone is 2. The molecule has 1 rings (SSSR count). The highest BCUT2D eigenvalue weighted by Gasteiger charge is 2.24. The van der Waals surface area contributed by atoms with Crippen molar-refractivity contribution in [2.45, 2.75) is 60.3 Å². The Balaban J connectivity index is 2.96. The molecule has 1 amide bonds. The van der Waals surface area contributed by atoms with Crippen molar-refractivity contribution in [1.29, 1.82) is 0 Å². The lowest BCUT2D eigenvalue weighted by Gasteiger charge is -2.30. The molecule has 0 heterocycles. The van der Waals surface area contributed by atoms with E-state index in [2.05, 4.69) is 78.0 Å². The van der Waals surface area contributed by atoms with Gasteiger partial charge in [-0.15, -0.1) is 0 Å². The van der Waals surface area contributed by atoms with Crippen molar-refractivity contribution in [2.75, 3.05) is 0 Å². The molecule has 1 unspecified atom stereocenters. The zero-order valence-corrected chi connectivity index (χ0v) is 14.9. The quantitative estimate of drug-likeness (QED) is 0.777. The van der Waals surface area contributed by atoms with E-state index in [1.807, 2.05) is 0 Å². The summed E-state index contributed by atoms with van der Waals surface area (Å²) >= 11 is 0. The van der Waals surface area contributed by atoms with Gasteiger partial charge in [0.05, 0.1) is 0 Å². The molecule has 2 nitrogen and oxygen atoms in total. The first-order valence-electron chi connectivity index (χ1n) is 8.05.